The van der Waals surface area contributed by atoms with Crippen LogP contribution in [0.1, 0.15) is 58.3 Å². The zero-order chi connectivity index (χ0) is 30.2. The Kier molecular flexibility index (Phi) is 11.4. The standard InChI is InChI=1S/C29H35N3O7S3/c1-5-38-12-11-32-20-10-8-18(27(35)39-6-2)14-22(20)42-29(32)31-24(34)16-40-15-23(33)30-26-25(28(36)37-4)19-9-7-17(3)13-21(19)41-26/h8,10,14,17H,5-7,9,11-13,15-16H2,1-4H3,(H,30,33). The molecule has 4 rings (SSSR count). The molecule has 2 amide bonds. The molecule has 13 heteroatoms. The molecule has 1 unspecified atom stereocenters. The number of thiazole rings is 1. The third kappa shape index (κ3) is 7.68. The van der Waals surface area contributed by atoms with E-state index in [1.165, 1.54) is 29.8 Å². The van der Waals surface area contributed by atoms with Crippen LogP contribution in [0.15, 0.2) is 23.2 Å². The maximum Gasteiger partial charge on any atom is 0.341 e. The monoisotopic (exact) mass is 633 g/mol. The van der Waals surface area contributed by atoms with Crippen molar-refractivity contribution in [3.8, 4) is 0 Å². The molecule has 2 aromatic heterocycles. The van der Waals surface area contributed by atoms with Crippen LogP contribution in [0, 0.1) is 5.92 Å². The Morgan fingerprint density at radius 2 is 1.93 bits per heavy atom. The van der Waals surface area contributed by atoms with E-state index >= 15 is 0 Å². The molecule has 0 radical (unpaired) electrons. The van der Waals surface area contributed by atoms with E-state index in [1.807, 2.05) is 17.6 Å². The molecule has 0 bridgehead atoms. The zero-order valence-corrected chi connectivity index (χ0v) is 26.6. The third-order valence-electron chi connectivity index (χ3n) is 6.69. The molecule has 3 aromatic rings. The van der Waals surface area contributed by atoms with Crippen molar-refractivity contribution in [1.82, 2.24) is 4.57 Å². The number of amides is 2. The normalized spacial score (nSPS) is 15.0. The summed E-state index contributed by atoms with van der Waals surface area (Å²) in [5.41, 5.74) is 2.68. The maximum atomic E-state index is 12.8. The highest BCUT2D eigenvalue weighted by atomic mass is 32.2. The number of rotatable bonds is 12. The van der Waals surface area contributed by atoms with Gasteiger partial charge in [-0.2, -0.15) is 4.99 Å². The lowest BCUT2D eigenvalue weighted by molar-refractivity contribution is -0.115. The van der Waals surface area contributed by atoms with E-state index in [4.69, 9.17) is 14.2 Å². The Morgan fingerprint density at radius 1 is 1.12 bits per heavy atom. The third-order valence-corrected chi connectivity index (χ3v) is 9.82. The molecule has 0 fully saturated rings. The number of aromatic nitrogens is 1. The molecule has 1 aliphatic carbocycles. The highest BCUT2D eigenvalue weighted by Crippen LogP contribution is 2.40. The van der Waals surface area contributed by atoms with Crippen LogP contribution in [0.5, 0.6) is 0 Å². The molecule has 2 heterocycles. The number of ether oxygens (including phenoxy) is 3. The summed E-state index contributed by atoms with van der Waals surface area (Å²) in [6.07, 6.45) is 2.64. The number of hydrogen-bond acceptors (Lipinski definition) is 10. The molecule has 0 saturated heterocycles. The number of esters is 2. The largest absolute Gasteiger partial charge is 0.465 e. The SMILES string of the molecule is CCOCCn1c(=NC(=O)CSCC(=O)Nc2sc3c(c2C(=O)OC)CCC(C)C3)sc2cc(C(=O)OCC)ccc21. The number of hydrogen-bond donors (Lipinski definition) is 1. The van der Waals surface area contributed by atoms with Gasteiger partial charge in [0.2, 0.25) is 5.91 Å². The summed E-state index contributed by atoms with van der Waals surface area (Å²) in [6, 6.07) is 5.25. The number of carbonyl (C=O) groups excluding carboxylic acids is 4. The second kappa shape index (κ2) is 14.9. The van der Waals surface area contributed by atoms with E-state index in [0.29, 0.717) is 46.6 Å². The number of thioether (sulfide) groups is 1. The number of nitrogens with zero attached hydrogens (tertiary/aromatic N) is 2. The molecule has 42 heavy (non-hydrogen) atoms. The van der Waals surface area contributed by atoms with Gasteiger partial charge >= 0.3 is 11.9 Å². The first kappa shape index (κ1) is 31.9. The minimum atomic E-state index is -0.450. The summed E-state index contributed by atoms with van der Waals surface area (Å²) in [6.45, 7) is 7.61. The van der Waals surface area contributed by atoms with E-state index in [-0.39, 0.29) is 29.9 Å². The van der Waals surface area contributed by atoms with E-state index in [1.54, 1.807) is 19.1 Å². The molecule has 0 spiro atoms. The molecule has 226 valence electrons. The van der Waals surface area contributed by atoms with Gasteiger partial charge in [0.25, 0.3) is 5.91 Å². The highest BCUT2D eigenvalue weighted by molar-refractivity contribution is 8.00. The van der Waals surface area contributed by atoms with Crippen LogP contribution in [-0.4, -0.2) is 66.8 Å². The Labute approximate surface area is 256 Å². The molecule has 1 aliphatic rings. The second-order valence-corrected chi connectivity index (χ2v) is 12.8. The van der Waals surface area contributed by atoms with Crippen LogP contribution < -0.4 is 10.1 Å². The Hall–Kier alpha value is -3.00. The van der Waals surface area contributed by atoms with Crippen LogP contribution in [0.25, 0.3) is 10.2 Å². The van der Waals surface area contributed by atoms with Gasteiger partial charge in [0.15, 0.2) is 4.80 Å². The van der Waals surface area contributed by atoms with Crippen molar-refractivity contribution in [3.05, 3.63) is 44.6 Å². The smallest absolute Gasteiger partial charge is 0.341 e. The van der Waals surface area contributed by atoms with Crippen LogP contribution >= 0.6 is 34.4 Å². The number of nitrogens with one attached hydrogen (secondary N) is 1. The number of thiophene rings is 1. The lowest BCUT2D eigenvalue weighted by Gasteiger charge is -2.18. The fourth-order valence-corrected chi connectivity index (χ4v) is 7.83. The highest BCUT2D eigenvalue weighted by Gasteiger charge is 2.29. The summed E-state index contributed by atoms with van der Waals surface area (Å²) in [4.78, 5) is 56.2. The fraction of sp³-hybridized carbons (Fsp3) is 0.483. The van der Waals surface area contributed by atoms with Crippen molar-refractivity contribution in [3.63, 3.8) is 0 Å². The van der Waals surface area contributed by atoms with Crippen LogP contribution in [0.2, 0.25) is 0 Å². The van der Waals surface area contributed by atoms with Gasteiger partial charge in [-0.25, -0.2) is 9.59 Å². The van der Waals surface area contributed by atoms with Gasteiger partial charge in [-0.15, -0.1) is 23.1 Å². The summed E-state index contributed by atoms with van der Waals surface area (Å²) >= 11 is 3.88. The predicted octanol–water partition coefficient (Wildman–Crippen LogP) is 4.69. The number of fused-ring (bicyclic) bond motifs is 2. The summed E-state index contributed by atoms with van der Waals surface area (Å²) in [7, 11) is 1.34. The summed E-state index contributed by atoms with van der Waals surface area (Å²) in [5.74, 6) is -0.989. The summed E-state index contributed by atoms with van der Waals surface area (Å²) < 4.78 is 18.3. The first-order valence-corrected chi connectivity index (χ1v) is 16.6. The lowest BCUT2D eigenvalue weighted by atomic mass is 9.88. The van der Waals surface area contributed by atoms with Gasteiger partial charge in [0, 0.05) is 18.0 Å². The van der Waals surface area contributed by atoms with Crippen molar-refractivity contribution in [2.45, 2.75) is 46.6 Å². The summed E-state index contributed by atoms with van der Waals surface area (Å²) in [5, 5.41) is 3.37. The van der Waals surface area contributed by atoms with Gasteiger partial charge < -0.3 is 24.1 Å². The van der Waals surface area contributed by atoms with Crippen molar-refractivity contribution in [2.24, 2.45) is 10.9 Å². The molecule has 0 saturated carbocycles. The van der Waals surface area contributed by atoms with Crippen LogP contribution in [0.4, 0.5) is 5.00 Å². The minimum Gasteiger partial charge on any atom is -0.465 e. The fourth-order valence-electron chi connectivity index (χ4n) is 4.71. The molecular weight excluding hydrogens is 599 g/mol. The van der Waals surface area contributed by atoms with Crippen LogP contribution in [0.3, 0.4) is 0 Å². The quantitative estimate of drug-likeness (QED) is 0.225. The molecular formula is C29H35N3O7S3. The Balaban J connectivity index is 1.44. The molecule has 1 atom stereocenters. The second-order valence-electron chi connectivity index (χ2n) is 9.73. The molecule has 1 aromatic carbocycles. The van der Waals surface area contributed by atoms with Gasteiger partial charge in [0.1, 0.15) is 5.00 Å². The average Bonchev–Trinajstić information content (AvgIpc) is 3.48. The van der Waals surface area contributed by atoms with E-state index in [0.717, 1.165) is 51.7 Å². The number of anilines is 1. The first-order chi connectivity index (χ1) is 20.2. The molecule has 0 aliphatic heterocycles. The van der Waals surface area contributed by atoms with E-state index < -0.39 is 11.9 Å². The molecule has 10 nitrogen and oxygen atoms in total. The van der Waals surface area contributed by atoms with Crippen LogP contribution in [-0.2, 0) is 43.2 Å². The first-order valence-electron chi connectivity index (χ1n) is 13.8. The van der Waals surface area contributed by atoms with Gasteiger partial charge in [-0.1, -0.05) is 18.3 Å². The predicted molar refractivity (Wildman–Crippen MR) is 166 cm³/mol. The Bertz CT molecular complexity index is 1540. The van der Waals surface area contributed by atoms with Gasteiger partial charge in [-0.3, -0.25) is 9.59 Å². The number of benzene rings is 1. The van der Waals surface area contributed by atoms with Crippen molar-refractivity contribution in [2.75, 3.05) is 43.8 Å². The number of carbonyl (C=O) groups is 4. The van der Waals surface area contributed by atoms with E-state index in [9.17, 15) is 19.2 Å². The van der Waals surface area contributed by atoms with Crippen molar-refractivity contribution >= 4 is 73.4 Å². The van der Waals surface area contributed by atoms with E-state index in [2.05, 4.69) is 17.2 Å². The molecule has 1 N–H and O–H groups in total. The maximum absolute atomic E-state index is 12.8. The van der Waals surface area contributed by atoms with Gasteiger partial charge in [-0.05, 0) is 62.8 Å². The van der Waals surface area contributed by atoms with Crippen molar-refractivity contribution < 1.29 is 33.4 Å². The van der Waals surface area contributed by atoms with Crippen molar-refractivity contribution in [1.29, 1.82) is 0 Å². The average molecular weight is 634 g/mol. The topological polar surface area (TPSA) is 125 Å². The Morgan fingerprint density at radius 3 is 2.67 bits per heavy atom. The minimum absolute atomic E-state index is 0.00349. The zero-order valence-electron chi connectivity index (χ0n) is 24.2. The number of methoxy groups -OCH3 is 1. The van der Waals surface area contributed by atoms with Gasteiger partial charge in [0.05, 0.1) is 53.2 Å². The lowest BCUT2D eigenvalue weighted by Crippen LogP contribution is -2.21.